The van der Waals surface area contributed by atoms with Crippen LogP contribution in [0.5, 0.6) is 0 Å². The lowest BCUT2D eigenvalue weighted by Gasteiger charge is -2.38. The summed E-state index contributed by atoms with van der Waals surface area (Å²) in [5, 5.41) is 0.813. The number of benzene rings is 2. The highest BCUT2D eigenvalue weighted by atomic mass is 16.5. The van der Waals surface area contributed by atoms with Gasteiger partial charge in [0.05, 0.1) is 25.3 Å². The molecule has 0 saturated carbocycles. The van der Waals surface area contributed by atoms with E-state index in [-0.39, 0.29) is 12.1 Å². The summed E-state index contributed by atoms with van der Waals surface area (Å²) in [4.78, 5) is 56.1. The van der Waals surface area contributed by atoms with Crippen molar-refractivity contribution < 1.29 is 28.7 Å². The van der Waals surface area contributed by atoms with Crippen molar-refractivity contribution in [3.63, 3.8) is 0 Å². The fourth-order valence-corrected chi connectivity index (χ4v) is 5.43. The van der Waals surface area contributed by atoms with E-state index in [0.717, 1.165) is 12.8 Å². The van der Waals surface area contributed by atoms with E-state index in [9.17, 15) is 19.2 Å². The van der Waals surface area contributed by atoms with Gasteiger partial charge in [0.2, 0.25) is 0 Å². The summed E-state index contributed by atoms with van der Waals surface area (Å²) in [6.45, 7) is 1.89. The molecular weight excluding hydrogens is 412 g/mol. The molecule has 0 aliphatic carbocycles. The summed E-state index contributed by atoms with van der Waals surface area (Å²) in [5.74, 6) is -1.59. The van der Waals surface area contributed by atoms with Crippen LogP contribution in [0.3, 0.4) is 0 Å². The first-order valence-electron chi connectivity index (χ1n) is 11.1. The second-order valence-electron chi connectivity index (χ2n) is 8.77. The van der Waals surface area contributed by atoms with E-state index in [2.05, 4.69) is 0 Å². The third-order valence-electron chi connectivity index (χ3n) is 6.96. The van der Waals surface area contributed by atoms with Crippen LogP contribution < -0.4 is 0 Å². The molecule has 6 rings (SSSR count). The van der Waals surface area contributed by atoms with Crippen molar-refractivity contribution in [3.8, 4) is 0 Å². The zero-order valence-electron chi connectivity index (χ0n) is 17.5. The average Bonchev–Trinajstić information content (AvgIpc) is 2.83. The Morgan fingerprint density at radius 3 is 1.22 bits per heavy atom. The number of nitrogens with zero attached hydrogens (tertiary/aromatic N) is 2. The monoisotopic (exact) mass is 434 g/mol. The maximum atomic E-state index is 13.4. The van der Waals surface area contributed by atoms with Gasteiger partial charge in [0.15, 0.2) is 0 Å². The van der Waals surface area contributed by atoms with E-state index in [0.29, 0.717) is 72.3 Å². The van der Waals surface area contributed by atoms with Crippen LogP contribution in [0.25, 0.3) is 10.8 Å². The van der Waals surface area contributed by atoms with Crippen LogP contribution >= 0.6 is 0 Å². The summed E-state index contributed by atoms with van der Waals surface area (Å²) < 4.78 is 11.0. The number of amides is 4. The smallest absolute Gasteiger partial charge is 0.261 e. The summed E-state index contributed by atoms with van der Waals surface area (Å²) in [5.41, 5.74) is 1.39. The number of hydrogen-bond acceptors (Lipinski definition) is 6. The van der Waals surface area contributed by atoms with Gasteiger partial charge in [0, 0.05) is 46.2 Å². The Labute approximate surface area is 184 Å². The molecule has 0 radical (unpaired) electrons. The molecule has 2 unspecified atom stereocenters. The quantitative estimate of drug-likeness (QED) is 0.674. The van der Waals surface area contributed by atoms with Crippen LogP contribution in [0.4, 0.5) is 0 Å². The number of hydrogen-bond donors (Lipinski definition) is 0. The van der Waals surface area contributed by atoms with Gasteiger partial charge < -0.3 is 9.47 Å². The molecule has 0 aromatic heterocycles. The molecule has 4 aliphatic rings. The van der Waals surface area contributed by atoms with Gasteiger partial charge in [-0.25, -0.2) is 0 Å². The minimum atomic E-state index is -0.398. The molecule has 4 amide bonds. The number of carbonyl (C=O) groups excluding carboxylic acids is 4. The lowest BCUT2D eigenvalue weighted by molar-refractivity contribution is 0.0152. The third-order valence-corrected chi connectivity index (χ3v) is 6.96. The van der Waals surface area contributed by atoms with Gasteiger partial charge in [0.25, 0.3) is 23.6 Å². The second kappa shape index (κ2) is 7.21. The average molecular weight is 434 g/mol. The van der Waals surface area contributed by atoms with Crippen molar-refractivity contribution in [1.82, 2.24) is 9.80 Å². The molecule has 2 saturated heterocycles. The van der Waals surface area contributed by atoms with Gasteiger partial charge >= 0.3 is 0 Å². The normalized spacial score (nSPS) is 25.6. The highest BCUT2D eigenvalue weighted by molar-refractivity contribution is 6.33. The predicted octanol–water partition coefficient (Wildman–Crippen LogP) is 2.39. The molecular formula is C24H22N2O6. The number of imide groups is 2. The zero-order chi connectivity index (χ0) is 22.0. The first kappa shape index (κ1) is 19.6. The zero-order valence-corrected chi connectivity index (χ0v) is 17.5. The van der Waals surface area contributed by atoms with Crippen LogP contribution in [0.2, 0.25) is 0 Å². The molecule has 4 heterocycles. The van der Waals surface area contributed by atoms with E-state index in [1.807, 2.05) is 0 Å². The Morgan fingerprint density at radius 1 is 0.594 bits per heavy atom. The predicted molar refractivity (Wildman–Crippen MR) is 113 cm³/mol. The van der Waals surface area contributed by atoms with Crippen molar-refractivity contribution in [2.45, 2.75) is 37.8 Å². The van der Waals surface area contributed by atoms with E-state index in [1.165, 1.54) is 9.80 Å². The molecule has 0 N–H and O–H groups in total. The lowest BCUT2D eigenvalue weighted by Crippen LogP contribution is -2.52. The van der Waals surface area contributed by atoms with Gasteiger partial charge in [-0.3, -0.25) is 29.0 Å². The van der Waals surface area contributed by atoms with Gasteiger partial charge in [-0.1, -0.05) is 0 Å². The van der Waals surface area contributed by atoms with Gasteiger partial charge in [-0.2, -0.15) is 0 Å². The molecule has 0 bridgehead atoms. The van der Waals surface area contributed by atoms with E-state index < -0.39 is 23.6 Å². The highest BCUT2D eigenvalue weighted by Crippen LogP contribution is 2.39. The summed E-state index contributed by atoms with van der Waals surface area (Å²) in [7, 11) is 0. The Bertz CT molecular complexity index is 1030. The molecule has 164 valence electrons. The minimum absolute atomic E-state index is 0.315. The summed E-state index contributed by atoms with van der Waals surface area (Å²) in [6, 6.07) is 5.81. The van der Waals surface area contributed by atoms with Crippen LogP contribution in [-0.2, 0) is 9.47 Å². The van der Waals surface area contributed by atoms with Gasteiger partial charge in [-0.05, 0) is 49.9 Å². The topological polar surface area (TPSA) is 93.2 Å². The molecule has 4 aliphatic heterocycles. The standard InChI is InChI=1S/C24H22N2O6/c27-21-15-5-7-17-20-18(24(30)26(23(17)29)14-4-2-10-32-12-14)8-6-16(19(15)20)22(28)25(21)13-3-1-9-31-11-13/h5-8,13-14H,1-4,9-12H2. The third kappa shape index (κ3) is 2.63. The maximum absolute atomic E-state index is 13.4. The Morgan fingerprint density at radius 2 is 0.938 bits per heavy atom. The fraction of sp³-hybridized carbons (Fsp3) is 0.417. The van der Waals surface area contributed by atoms with Crippen LogP contribution in [0.15, 0.2) is 24.3 Å². The molecule has 32 heavy (non-hydrogen) atoms. The van der Waals surface area contributed by atoms with E-state index in [4.69, 9.17) is 9.47 Å². The van der Waals surface area contributed by atoms with Crippen molar-refractivity contribution in [3.05, 3.63) is 46.5 Å². The molecule has 2 atom stereocenters. The first-order chi connectivity index (χ1) is 15.6. The van der Waals surface area contributed by atoms with Crippen LogP contribution in [0, 0.1) is 0 Å². The van der Waals surface area contributed by atoms with Gasteiger partial charge in [-0.15, -0.1) is 0 Å². The Balaban J connectivity index is 1.49. The Kier molecular flexibility index (Phi) is 4.41. The largest absolute Gasteiger partial charge is 0.379 e. The lowest BCUT2D eigenvalue weighted by atomic mass is 9.84. The fourth-order valence-electron chi connectivity index (χ4n) is 5.43. The van der Waals surface area contributed by atoms with Crippen LogP contribution in [0.1, 0.15) is 67.1 Å². The highest BCUT2D eigenvalue weighted by Gasteiger charge is 2.43. The summed E-state index contributed by atoms with van der Waals surface area (Å²) >= 11 is 0. The number of rotatable bonds is 2. The molecule has 2 aromatic carbocycles. The molecule has 2 fully saturated rings. The van der Waals surface area contributed by atoms with Crippen molar-refractivity contribution >= 4 is 34.4 Å². The SMILES string of the molecule is O=C1c2ccc3c4c(ccc(c24)C(=O)N1C1CCCOC1)C(=O)N(C1CCCOC1)C3=O. The molecule has 2 aromatic rings. The number of carbonyl (C=O) groups is 4. The van der Waals surface area contributed by atoms with Crippen molar-refractivity contribution in [2.24, 2.45) is 0 Å². The van der Waals surface area contributed by atoms with Crippen molar-refractivity contribution in [2.75, 3.05) is 26.4 Å². The minimum Gasteiger partial charge on any atom is -0.379 e. The second-order valence-corrected chi connectivity index (χ2v) is 8.77. The Hall–Kier alpha value is -3.10. The van der Waals surface area contributed by atoms with Crippen LogP contribution in [-0.4, -0.2) is 71.9 Å². The van der Waals surface area contributed by atoms with E-state index in [1.54, 1.807) is 24.3 Å². The summed E-state index contributed by atoms with van der Waals surface area (Å²) in [6.07, 6.45) is 2.96. The number of ether oxygens (including phenoxy) is 2. The van der Waals surface area contributed by atoms with Crippen molar-refractivity contribution in [1.29, 1.82) is 0 Å². The molecule has 8 heteroatoms. The first-order valence-corrected chi connectivity index (χ1v) is 11.1. The molecule has 0 spiro atoms. The maximum Gasteiger partial charge on any atom is 0.261 e. The van der Waals surface area contributed by atoms with Gasteiger partial charge in [0.1, 0.15) is 0 Å². The molecule has 8 nitrogen and oxygen atoms in total. The van der Waals surface area contributed by atoms with E-state index >= 15 is 0 Å².